The monoisotopic (exact) mass is 312 g/mol. The lowest BCUT2D eigenvalue weighted by molar-refractivity contribution is -0.122. The molecule has 2 aliphatic rings. The highest BCUT2D eigenvalue weighted by Gasteiger charge is 2.32. The van der Waals surface area contributed by atoms with Crippen molar-refractivity contribution in [2.45, 2.75) is 51.4 Å². The average molecular weight is 312 g/mol. The Labute approximate surface area is 134 Å². The first-order valence-corrected chi connectivity index (χ1v) is 8.92. The number of likely N-dealkylation sites (tertiary alicyclic amines) is 1. The first-order chi connectivity index (χ1) is 10.7. The fourth-order valence-electron chi connectivity index (χ4n) is 3.37. The smallest absolute Gasteiger partial charge is 0.221 e. The molecule has 2 heterocycles. The van der Waals surface area contributed by atoms with E-state index in [1.165, 1.54) is 32.1 Å². The van der Waals surface area contributed by atoms with Crippen LogP contribution in [0.2, 0.25) is 0 Å². The van der Waals surface area contributed by atoms with Gasteiger partial charge in [-0.05, 0) is 38.8 Å². The second-order valence-corrected chi connectivity index (χ2v) is 6.91. The van der Waals surface area contributed by atoms with Gasteiger partial charge in [-0.2, -0.15) is 0 Å². The number of amides is 1. The number of rotatable bonds is 6. The zero-order chi connectivity index (χ0) is 15.7. The van der Waals surface area contributed by atoms with Crippen LogP contribution in [0.15, 0.2) is 0 Å². The van der Waals surface area contributed by atoms with Crippen molar-refractivity contribution in [1.82, 2.24) is 10.2 Å². The van der Waals surface area contributed by atoms with Gasteiger partial charge in [0.05, 0.1) is 6.61 Å². The van der Waals surface area contributed by atoms with Crippen LogP contribution in [0.5, 0.6) is 0 Å². The Kier molecular flexibility index (Phi) is 7.63. The van der Waals surface area contributed by atoms with E-state index in [1.807, 2.05) is 0 Å². The van der Waals surface area contributed by atoms with Crippen molar-refractivity contribution in [3.8, 4) is 0 Å². The summed E-state index contributed by atoms with van der Waals surface area (Å²) in [4.78, 5) is 14.5. The van der Waals surface area contributed by atoms with Gasteiger partial charge in [-0.3, -0.25) is 4.79 Å². The summed E-state index contributed by atoms with van der Waals surface area (Å²) in [6, 6.07) is 0. The molecule has 5 nitrogen and oxygen atoms in total. The molecule has 0 saturated carbocycles. The van der Waals surface area contributed by atoms with Gasteiger partial charge in [0.2, 0.25) is 5.91 Å². The Hall–Kier alpha value is -0.650. The number of hydrogen-bond donors (Lipinski definition) is 2. The summed E-state index contributed by atoms with van der Waals surface area (Å²) in [7, 11) is 0. The Bertz CT molecular complexity index is 322. The van der Waals surface area contributed by atoms with Gasteiger partial charge < -0.3 is 20.1 Å². The van der Waals surface area contributed by atoms with Crippen LogP contribution in [0.25, 0.3) is 0 Å². The molecule has 2 saturated heterocycles. The molecule has 2 N–H and O–H groups in total. The van der Waals surface area contributed by atoms with E-state index in [0.717, 1.165) is 32.5 Å². The molecule has 22 heavy (non-hydrogen) atoms. The Morgan fingerprint density at radius 1 is 1.09 bits per heavy atom. The fraction of sp³-hybridized carbons (Fsp3) is 0.941. The lowest BCUT2D eigenvalue weighted by Crippen LogP contribution is -2.44. The zero-order valence-corrected chi connectivity index (χ0v) is 13.8. The molecule has 2 aliphatic heterocycles. The third-order valence-corrected chi connectivity index (χ3v) is 5.15. The largest absolute Gasteiger partial charge is 0.396 e. The average Bonchev–Trinajstić information content (AvgIpc) is 2.53. The van der Waals surface area contributed by atoms with Gasteiger partial charge in [-0.1, -0.05) is 19.3 Å². The topological polar surface area (TPSA) is 61.8 Å². The third kappa shape index (κ3) is 5.86. The van der Waals surface area contributed by atoms with Crippen LogP contribution in [0, 0.1) is 5.41 Å². The highest BCUT2D eigenvalue weighted by atomic mass is 16.5. The van der Waals surface area contributed by atoms with Gasteiger partial charge in [0.15, 0.2) is 0 Å². The SMILES string of the molecule is O=C(CCN1CCCCCCC1)NCC1(CO)CCOCC1. The predicted molar refractivity (Wildman–Crippen MR) is 86.7 cm³/mol. The van der Waals surface area contributed by atoms with Crippen molar-refractivity contribution < 1.29 is 14.6 Å². The molecule has 0 unspecified atom stereocenters. The first kappa shape index (κ1) is 17.7. The number of aliphatic hydroxyl groups excluding tert-OH is 1. The molecule has 0 aliphatic carbocycles. The molecule has 0 radical (unpaired) electrons. The van der Waals surface area contributed by atoms with E-state index in [0.29, 0.717) is 26.2 Å². The van der Waals surface area contributed by atoms with Crippen LogP contribution in [-0.2, 0) is 9.53 Å². The minimum atomic E-state index is -0.172. The van der Waals surface area contributed by atoms with E-state index < -0.39 is 0 Å². The summed E-state index contributed by atoms with van der Waals surface area (Å²) in [5.74, 6) is 0.112. The van der Waals surface area contributed by atoms with Crippen molar-refractivity contribution in [2.75, 3.05) is 46.0 Å². The highest BCUT2D eigenvalue weighted by molar-refractivity contribution is 5.76. The maximum absolute atomic E-state index is 12.1. The lowest BCUT2D eigenvalue weighted by atomic mass is 9.81. The summed E-state index contributed by atoms with van der Waals surface area (Å²) in [5, 5.41) is 12.7. The van der Waals surface area contributed by atoms with Crippen molar-refractivity contribution in [3.63, 3.8) is 0 Å². The molecule has 0 aromatic carbocycles. The maximum Gasteiger partial charge on any atom is 0.221 e. The lowest BCUT2D eigenvalue weighted by Gasteiger charge is -2.35. The molecule has 5 heteroatoms. The summed E-state index contributed by atoms with van der Waals surface area (Å²) in [6.45, 7) is 5.19. The number of carbonyl (C=O) groups is 1. The van der Waals surface area contributed by atoms with Crippen molar-refractivity contribution in [3.05, 3.63) is 0 Å². The second kappa shape index (κ2) is 9.48. The summed E-state index contributed by atoms with van der Waals surface area (Å²) in [5.41, 5.74) is -0.172. The fourth-order valence-corrected chi connectivity index (χ4v) is 3.37. The minimum Gasteiger partial charge on any atom is -0.396 e. The van der Waals surface area contributed by atoms with Gasteiger partial charge >= 0.3 is 0 Å². The van der Waals surface area contributed by atoms with Crippen molar-refractivity contribution in [1.29, 1.82) is 0 Å². The number of hydrogen-bond acceptors (Lipinski definition) is 4. The number of carbonyl (C=O) groups excluding carboxylic acids is 1. The van der Waals surface area contributed by atoms with Crippen LogP contribution >= 0.6 is 0 Å². The third-order valence-electron chi connectivity index (χ3n) is 5.15. The van der Waals surface area contributed by atoms with E-state index in [9.17, 15) is 9.90 Å². The van der Waals surface area contributed by atoms with E-state index in [2.05, 4.69) is 10.2 Å². The summed E-state index contributed by atoms with van der Waals surface area (Å²) in [6.07, 6.45) is 8.75. The molecule has 128 valence electrons. The number of aliphatic hydroxyl groups is 1. The van der Waals surface area contributed by atoms with Crippen LogP contribution in [0.4, 0.5) is 0 Å². The minimum absolute atomic E-state index is 0.112. The Balaban J connectivity index is 1.66. The van der Waals surface area contributed by atoms with Crippen LogP contribution in [-0.4, -0.2) is 61.9 Å². The van der Waals surface area contributed by atoms with E-state index in [4.69, 9.17) is 4.74 Å². The number of ether oxygens (including phenoxy) is 1. The normalized spacial score (nSPS) is 23.5. The molecule has 1 amide bonds. The van der Waals surface area contributed by atoms with E-state index in [1.54, 1.807) is 0 Å². The molecular formula is C17H32N2O3. The quantitative estimate of drug-likeness (QED) is 0.781. The maximum atomic E-state index is 12.1. The van der Waals surface area contributed by atoms with Crippen molar-refractivity contribution in [2.24, 2.45) is 5.41 Å². The van der Waals surface area contributed by atoms with Crippen LogP contribution in [0.1, 0.15) is 51.4 Å². The Morgan fingerprint density at radius 2 is 1.73 bits per heavy atom. The first-order valence-electron chi connectivity index (χ1n) is 8.92. The number of nitrogens with one attached hydrogen (secondary N) is 1. The van der Waals surface area contributed by atoms with Crippen LogP contribution < -0.4 is 5.32 Å². The molecule has 0 spiro atoms. The van der Waals surface area contributed by atoms with Gasteiger partial charge in [-0.15, -0.1) is 0 Å². The molecule has 0 atom stereocenters. The zero-order valence-electron chi connectivity index (χ0n) is 13.8. The predicted octanol–water partition coefficient (Wildman–Crippen LogP) is 1.55. The van der Waals surface area contributed by atoms with E-state index >= 15 is 0 Å². The van der Waals surface area contributed by atoms with Gasteiger partial charge in [0, 0.05) is 38.1 Å². The van der Waals surface area contributed by atoms with Gasteiger partial charge in [0.25, 0.3) is 0 Å². The van der Waals surface area contributed by atoms with Crippen molar-refractivity contribution >= 4 is 5.91 Å². The summed E-state index contributed by atoms with van der Waals surface area (Å²) < 4.78 is 5.35. The summed E-state index contributed by atoms with van der Waals surface area (Å²) >= 11 is 0. The van der Waals surface area contributed by atoms with Gasteiger partial charge in [0.1, 0.15) is 0 Å². The highest BCUT2D eigenvalue weighted by Crippen LogP contribution is 2.28. The van der Waals surface area contributed by atoms with E-state index in [-0.39, 0.29) is 17.9 Å². The molecule has 2 rings (SSSR count). The van der Waals surface area contributed by atoms with Crippen LogP contribution in [0.3, 0.4) is 0 Å². The molecule has 0 aromatic heterocycles. The Morgan fingerprint density at radius 3 is 2.36 bits per heavy atom. The number of nitrogens with zero attached hydrogens (tertiary/aromatic N) is 1. The molecule has 0 aromatic rings. The second-order valence-electron chi connectivity index (χ2n) is 6.91. The molecule has 2 fully saturated rings. The standard InChI is InChI=1S/C17H32N2O3/c20-15-17(7-12-22-13-8-17)14-18-16(21)6-11-19-9-4-2-1-3-5-10-19/h20H,1-15H2,(H,18,21). The van der Waals surface area contributed by atoms with Gasteiger partial charge in [-0.25, -0.2) is 0 Å². The molecular weight excluding hydrogens is 280 g/mol. The molecule has 0 bridgehead atoms.